The maximum atomic E-state index is 12.6. The Labute approximate surface area is 184 Å². The van der Waals surface area contributed by atoms with Crippen molar-refractivity contribution in [2.24, 2.45) is 0 Å². The van der Waals surface area contributed by atoms with Crippen LogP contribution in [0.15, 0.2) is 53.4 Å². The molecule has 0 spiro atoms. The number of nitrogens with one attached hydrogen (secondary N) is 1. The molecular weight excluding hydrogens is 414 g/mol. The summed E-state index contributed by atoms with van der Waals surface area (Å²) >= 11 is 0. The average molecular weight is 446 g/mol. The van der Waals surface area contributed by atoms with Crippen molar-refractivity contribution in [3.8, 4) is 5.75 Å². The van der Waals surface area contributed by atoms with E-state index in [4.69, 9.17) is 4.74 Å². The van der Waals surface area contributed by atoms with Crippen LogP contribution < -0.4 is 10.1 Å². The fourth-order valence-electron chi connectivity index (χ4n) is 3.68. The fourth-order valence-corrected chi connectivity index (χ4v) is 4.99. The molecule has 8 heteroatoms. The van der Waals surface area contributed by atoms with Crippen LogP contribution in [0.2, 0.25) is 0 Å². The molecule has 0 saturated carbocycles. The Morgan fingerprint density at radius 3 is 2.45 bits per heavy atom. The number of hydrogen-bond donors (Lipinski definition) is 1. The summed E-state index contributed by atoms with van der Waals surface area (Å²) in [6.45, 7) is 5.85. The van der Waals surface area contributed by atoms with Crippen molar-refractivity contribution in [2.75, 3.05) is 57.4 Å². The molecule has 1 N–H and O–H groups in total. The maximum Gasteiger partial charge on any atom is 0.238 e. The van der Waals surface area contributed by atoms with Gasteiger partial charge in [0.15, 0.2) is 9.84 Å². The van der Waals surface area contributed by atoms with E-state index >= 15 is 0 Å². The topological polar surface area (TPSA) is 79.0 Å². The number of carbonyl (C=O) groups excluding carboxylic acids is 1. The number of sulfone groups is 1. The molecular formula is C23H31N3O4S. The molecule has 1 amide bonds. The summed E-state index contributed by atoms with van der Waals surface area (Å²) in [5.41, 5.74) is 1.99. The summed E-state index contributed by atoms with van der Waals surface area (Å²) in [4.78, 5) is 17.0. The van der Waals surface area contributed by atoms with Crippen LogP contribution in [0, 0.1) is 0 Å². The van der Waals surface area contributed by atoms with Gasteiger partial charge in [0.1, 0.15) is 5.75 Å². The third-order valence-electron chi connectivity index (χ3n) is 5.58. The minimum Gasteiger partial charge on any atom is -0.497 e. The van der Waals surface area contributed by atoms with Crippen molar-refractivity contribution >= 4 is 21.4 Å². The highest BCUT2D eigenvalue weighted by atomic mass is 32.2. The second-order valence-electron chi connectivity index (χ2n) is 7.67. The van der Waals surface area contributed by atoms with Crippen molar-refractivity contribution < 1.29 is 17.9 Å². The molecule has 31 heavy (non-hydrogen) atoms. The predicted molar refractivity (Wildman–Crippen MR) is 122 cm³/mol. The van der Waals surface area contributed by atoms with Crippen molar-refractivity contribution in [1.29, 1.82) is 0 Å². The Morgan fingerprint density at radius 1 is 1.03 bits per heavy atom. The number of rotatable bonds is 9. The Kier molecular flexibility index (Phi) is 8.06. The van der Waals surface area contributed by atoms with Gasteiger partial charge < -0.3 is 10.1 Å². The van der Waals surface area contributed by atoms with Crippen LogP contribution in [0.1, 0.15) is 12.5 Å². The number of para-hydroxylation sites is 1. The van der Waals surface area contributed by atoms with E-state index in [-0.39, 0.29) is 16.6 Å². The number of benzene rings is 2. The minimum absolute atomic E-state index is 0.0186. The molecule has 0 aromatic heterocycles. The Bertz CT molecular complexity index is 986. The molecule has 1 aliphatic rings. The molecule has 1 aliphatic heterocycles. The number of methoxy groups -OCH3 is 1. The monoisotopic (exact) mass is 445 g/mol. The average Bonchev–Trinajstić information content (AvgIpc) is 2.79. The van der Waals surface area contributed by atoms with E-state index in [1.807, 2.05) is 24.3 Å². The Balaban J connectivity index is 1.44. The summed E-state index contributed by atoms with van der Waals surface area (Å²) in [6, 6.07) is 14.4. The van der Waals surface area contributed by atoms with E-state index in [0.717, 1.165) is 43.9 Å². The third kappa shape index (κ3) is 6.53. The summed E-state index contributed by atoms with van der Waals surface area (Å²) in [5.74, 6) is 0.582. The number of amides is 1. The van der Waals surface area contributed by atoms with Crippen LogP contribution >= 0.6 is 0 Å². The molecule has 168 valence electrons. The van der Waals surface area contributed by atoms with Crippen molar-refractivity contribution in [2.45, 2.75) is 18.2 Å². The van der Waals surface area contributed by atoms with Gasteiger partial charge in [0.2, 0.25) is 5.91 Å². The van der Waals surface area contributed by atoms with E-state index in [0.29, 0.717) is 18.8 Å². The van der Waals surface area contributed by atoms with Gasteiger partial charge in [-0.15, -0.1) is 0 Å². The summed E-state index contributed by atoms with van der Waals surface area (Å²) in [7, 11) is -1.84. The lowest BCUT2D eigenvalue weighted by atomic mass is 10.1. The molecule has 2 aromatic carbocycles. The van der Waals surface area contributed by atoms with E-state index in [1.54, 1.807) is 24.3 Å². The molecule has 1 fully saturated rings. The zero-order valence-electron chi connectivity index (χ0n) is 18.2. The molecule has 1 heterocycles. The quantitative estimate of drug-likeness (QED) is 0.638. The second kappa shape index (κ2) is 10.7. The second-order valence-corrected chi connectivity index (χ2v) is 9.78. The van der Waals surface area contributed by atoms with E-state index in [2.05, 4.69) is 22.0 Å². The van der Waals surface area contributed by atoms with E-state index in [1.165, 1.54) is 7.11 Å². The number of nitrogens with zero attached hydrogens (tertiary/aromatic N) is 2. The standard InChI is InChI=1S/C23H31N3O4S/c1-3-19-7-4-5-10-22(19)24-23(27)18-26-13-11-25(12-14-26)15-16-31(28,29)21-9-6-8-20(17-21)30-2/h4-10,17H,3,11-16,18H2,1-2H3,(H,24,27). The predicted octanol–water partition coefficient (Wildman–Crippen LogP) is 2.29. The number of piperazine rings is 1. The fraction of sp³-hybridized carbons (Fsp3) is 0.435. The molecule has 0 bridgehead atoms. The largest absolute Gasteiger partial charge is 0.497 e. The van der Waals surface area contributed by atoms with Gasteiger partial charge in [-0.05, 0) is 36.2 Å². The van der Waals surface area contributed by atoms with Crippen molar-refractivity contribution in [3.63, 3.8) is 0 Å². The van der Waals surface area contributed by atoms with Gasteiger partial charge in [0.25, 0.3) is 0 Å². The smallest absolute Gasteiger partial charge is 0.238 e. The van der Waals surface area contributed by atoms with E-state index in [9.17, 15) is 13.2 Å². The van der Waals surface area contributed by atoms with Crippen molar-refractivity contribution in [1.82, 2.24) is 9.80 Å². The van der Waals surface area contributed by atoms with E-state index < -0.39 is 9.84 Å². The zero-order chi connectivity index (χ0) is 22.3. The first-order valence-corrected chi connectivity index (χ1v) is 12.3. The summed E-state index contributed by atoms with van der Waals surface area (Å²) < 4.78 is 30.4. The normalized spacial score (nSPS) is 15.5. The number of ether oxygens (including phenoxy) is 1. The first-order valence-electron chi connectivity index (χ1n) is 10.6. The van der Waals surface area contributed by atoms with Gasteiger partial charge in [0.05, 0.1) is 24.3 Å². The highest BCUT2D eigenvalue weighted by molar-refractivity contribution is 7.91. The number of aryl methyl sites for hydroxylation is 1. The van der Waals surface area contributed by atoms with Gasteiger partial charge in [0, 0.05) is 38.4 Å². The molecule has 0 unspecified atom stereocenters. The molecule has 3 rings (SSSR count). The lowest BCUT2D eigenvalue weighted by Crippen LogP contribution is -2.49. The maximum absolute atomic E-state index is 12.6. The summed E-state index contributed by atoms with van der Waals surface area (Å²) in [6.07, 6.45) is 0.869. The summed E-state index contributed by atoms with van der Waals surface area (Å²) in [5, 5.41) is 3.01. The third-order valence-corrected chi connectivity index (χ3v) is 7.27. The van der Waals surface area contributed by atoms with Gasteiger partial charge in [-0.25, -0.2) is 8.42 Å². The molecule has 1 saturated heterocycles. The Morgan fingerprint density at radius 2 is 1.74 bits per heavy atom. The number of anilines is 1. The van der Waals surface area contributed by atoms with Gasteiger partial charge in [-0.2, -0.15) is 0 Å². The van der Waals surface area contributed by atoms with Gasteiger partial charge in [-0.3, -0.25) is 14.6 Å². The highest BCUT2D eigenvalue weighted by Crippen LogP contribution is 2.19. The van der Waals surface area contributed by atoms with Crippen LogP contribution in [0.3, 0.4) is 0 Å². The van der Waals surface area contributed by atoms with Crippen molar-refractivity contribution in [3.05, 3.63) is 54.1 Å². The van der Waals surface area contributed by atoms with Crippen LogP contribution in [0.25, 0.3) is 0 Å². The van der Waals surface area contributed by atoms with Crippen LogP contribution in [0.5, 0.6) is 5.75 Å². The molecule has 2 aromatic rings. The molecule has 0 atom stereocenters. The molecule has 0 aliphatic carbocycles. The van der Waals surface area contributed by atoms with Crippen LogP contribution in [-0.2, 0) is 21.1 Å². The highest BCUT2D eigenvalue weighted by Gasteiger charge is 2.22. The SMILES string of the molecule is CCc1ccccc1NC(=O)CN1CCN(CCS(=O)(=O)c2cccc(OC)c2)CC1. The molecule has 7 nitrogen and oxygen atoms in total. The minimum atomic E-state index is -3.37. The first kappa shape index (κ1) is 23.2. The van der Waals surface area contributed by atoms with Gasteiger partial charge >= 0.3 is 0 Å². The van der Waals surface area contributed by atoms with Gasteiger partial charge in [-0.1, -0.05) is 31.2 Å². The molecule has 0 radical (unpaired) electrons. The lowest BCUT2D eigenvalue weighted by molar-refractivity contribution is -0.117. The van der Waals surface area contributed by atoms with Crippen LogP contribution in [0.4, 0.5) is 5.69 Å². The number of hydrogen-bond acceptors (Lipinski definition) is 6. The lowest BCUT2D eigenvalue weighted by Gasteiger charge is -2.34. The first-order chi connectivity index (χ1) is 14.9. The Hall–Kier alpha value is -2.42. The number of carbonyl (C=O) groups is 1. The zero-order valence-corrected chi connectivity index (χ0v) is 19.0. The van der Waals surface area contributed by atoms with Crippen LogP contribution in [-0.4, -0.2) is 76.3 Å².